The summed E-state index contributed by atoms with van der Waals surface area (Å²) < 4.78 is 0. The van der Waals surface area contributed by atoms with Crippen LogP contribution in [0.15, 0.2) is 24.3 Å². The average Bonchev–Trinajstić information content (AvgIpc) is 2.04. The quantitative estimate of drug-likeness (QED) is 0.437. The van der Waals surface area contributed by atoms with E-state index in [1.54, 1.807) is 6.08 Å². The maximum absolute atomic E-state index is 10.7. The summed E-state index contributed by atoms with van der Waals surface area (Å²) in [6.07, 6.45) is 10.3. The van der Waals surface area contributed by atoms with Crippen LogP contribution in [0, 0.1) is 0 Å². The predicted octanol–water partition coefficient (Wildman–Crippen LogP) is 2.88. The summed E-state index contributed by atoms with van der Waals surface area (Å²) in [5.74, 6) is 0.204. The second kappa shape index (κ2) is 7.26. The van der Waals surface area contributed by atoms with Gasteiger partial charge >= 0.3 is 0 Å². The van der Waals surface area contributed by atoms with Crippen molar-refractivity contribution in [3.05, 3.63) is 24.3 Å². The number of hydrogen-bond donors (Lipinski definition) is 0. The summed E-state index contributed by atoms with van der Waals surface area (Å²) in [6, 6.07) is 0. The lowest BCUT2D eigenvalue weighted by Crippen LogP contribution is -1.85. The number of carbonyl (C=O) groups excluding carboxylic acids is 1. The summed E-state index contributed by atoms with van der Waals surface area (Å²) in [7, 11) is 0. The first-order chi connectivity index (χ1) is 5.31. The fraction of sp³-hybridized carbons (Fsp3) is 0.500. The first-order valence-electron chi connectivity index (χ1n) is 4.15. The highest BCUT2D eigenvalue weighted by Crippen LogP contribution is 1.90. The molecular weight excluding hydrogens is 136 g/mol. The molecule has 0 aromatic carbocycles. The van der Waals surface area contributed by atoms with Crippen LogP contribution in [0.3, 0.4) is 0 Å². The fourth-order valence-corrected chi connectivity index (χ4v) is 0.659. The average molecular weight is 152 g/mol. The van der Waals surface area contributed by atoms with Crippen molar-refractivity contribution in [3.63, 3.8) is 0 Å². The van der Waals surface area contributed by atoms with Gasteiger partial charge < -0.3 is 0 Å². The smallest absolute Gasteiger partial charge is 0.155 e. The molecule has 1 nitrogen and oxygen atoms in total. The molecule has 1 heteroatoms. The molecule has 0 heterocycles. The first-order valence-corrected chi connectivity index (χ1v) is 4.15. The molecule has 0 aliphatic rings. The molecule has 0 aromatic rings. The Balaban J connectivity index is 3.44. The van der Waals surface area contributed by atoms with Gasteiger partial charge in [-0.1, -0.05) is 32.1 Å². The van der Waals surface area contributed by atoms with Crippen LogP contribution in [0.5, 0.6) is 0 Å². The summed E-state index contributed by atoms with van der Waals surface area (Å²) in [5.41, 5.74) is 0. The minimum Gasteiger partial charge on any atom is -0.295 e. The Kier molecular flexibility index (Phi) is 6.70. The lowest BCUT2D eigenvalue weighted by atomic mass is 10.2. The van der Waals surface area contributed by atoms with E-state index in [1.807, 2.05) is 13.0 Å². The SMILES string of the molecule is CCC=CCC=CC(=O)CC. The molecule has 0 radical (unpaired) electrons. The highest BCUT2D eigenvalue weighted by atomic mass is 16.1. The molecule has 0 amide bonds. The van der Waals surface area contributed by atoms with E-state index in [4.69, 9.17) is 0 Å². The van der Waals surface area contributed by atoms with Crippen LogP contribution in [0.4, 0.5) is 0 Å². The molecular formula is C10H16O. The molecule has 0 unspecified atom stereocenters. The van der Waals surface area contributed by atoms with E-state index in [0.717, 1.165) is 12.8 Å². The first kappa shape index (κ1) is 10.2. The minimum atomic E-state index is 0.204. The second-order valence-electron chi connectivity index (χ2n) is 2.34. The third-order valence-electron chi connectivity index (χ3n) is 1.33. The number of hydrogen-bond acceptors (Lipinski definition) is 1. The third kappa shape index (κ3) is 7.04. The summed E-state index contributed by atoms with van der Waals surface area (Å²) in [5, 5.41) is 0. The van der Waals surface area contributed by atoms with Crippen LogP contribution in [0.2, 0.25) is 0 Å². The van der Waals surface area contributed by atoms with E-state index < -0.39 is 0 Å². The molecule has 0 aliphatic carbocycles. The van der Waals surface area contributed by atoms with Crippen molar-refractivity contribution in [2.24, 2.45) is 0 Å². The largest absolute Gasteiger partial charge is 0.295 e. The predicted molar refractivity (Wildman–Crippen MR) is 48.5 cm³/mol. The zero-order valence-corrected chi connectivity index (χ0v) is 7.34. The maximum atomic E-state index is 10.7. The zero-order chi connectivity index (χ0) is 8.53. The normalized spacial score (nSPS) is 11.5. The van der Waals surface area contributed by atoms with Crippen LogP contribution < -0.4 is 0 Å². The molecule has 0 saturated carbocycles. The molecule has 0 bridgehead atoms. The monoisotopic (exact) mass is 152 g/mol. The van der Waals surface area contributed by atoms with Crippen molar-refractivity contribution < 1.29 is 4.79 Å². The van der Waals surface area contributed by atoms with E-state index in [0.29, 0.717) is 6.42 Å². The van der Waals surface area contributed by atoms with Crippen molar-refractivity contribution >= 4 is 5.78 Å². The van der Waals surface area contributed by atoms with E-state index in [-0.39, 0.29) is 5.78 Å². The molecule has 0 aliphatic heterocycles. The summed E-state index contributed by atoms with van der Waals surface area (Å²) in [6.45, 7) is 3.96. The highest BCUT2D eigenvalue weighted by Gasteiger charge is 1.86. The van der Waals surface area contributed by atoms with Gasteiger partial charge in [-0.05, 0) is 18.9 Å². The third-order valence-corrected chi connectivity index (χ3v) is 1.33. The van der Waals surface area contributed by atoms with Gasteiger partial charge in [0, 0.05) is 6.42 Å². The topological polar surface area (TPSA) is 17.1 Å². The molecule has 0 fully saturated rings. The summed E-state index contributed by atoms with van der Waals surface area (Å²) in [4.78, 5) is 10.7. The van der Waals surface area contributed by atoms with Gasteiger partial charge in [0.15, 0.2) is 5.78 Å². The number of ketones is 1. The van der Waals surface area contributed by atoms with Gasteiger partial charge in [0.25, 0.3) is 0 Å². The fourth-order valence-electron chi connectivity index (χ4n) is 0.659. The number of allylic oxidation sites excluding steroid dienone is 4. The molecule has 0 aromatic heterocycles. The molecule has 0 atom stereocenters. The van der Waals surface area contributed by atoms with E-state index >= 15 is 0 Å². The van der Waals surface area contributed by atoms with Gasteiger partial charge in [0.1, 0.15) is 0 Å². The maximum Gasteiger partial charge on any atom is 0.155 e. The van der Waals surface area contributed by atoms with E-state index in [2.05, 4.69) is 19.1 Å². The van der Waals surface area contributed by atoms with Crippen LogP contribution >= 0.6 is 0 Å². The Bertz CT molecular complexity index is 154. The van der Waals surface area contributed by atoms with Crippen molar-refractivity contribution in [3.8, 4) is 0 Å². The molecule has 0 rings (SSSR count). The molecule has 0 saturated heterocycles. The van der Waals surface area contributed by atoms with Crippen molar-refractivity contribution in [1.82, 2.24) is 0 Å². The van der Waals surface area contributed by atoms with Gasteiger partial charge in [-0.25, -0.2) is 0 Å². The lowest BCUT2D eigenvalue weighted by molar-refractivity contribution is -0.114. The van der Waals surface area contributed by atoms with Crippen molar-refractivity contribution in [1.29, 1.82) is 0 Å². The standard InChI is InChI=1S/C10H16O/c1-3-5-6-7-8-9-10(11)4-2/h5-6,8-9H,3-4,7H2,1-2H3. The zero-order valence-electron chi connectivity index (χ0n) is 7.34. The summed E-state index contributed by atoms with van der Waals surface area (Å²) >= 11 is 0. The Morgan fingerprint density at radius 2 is 1.91 bits per heavy atom. The van der Waals surface area contributed by atoms with Crippen LogP contribution in [-0.2, 0) is 4.79 Å². The second-order valence-corrected chi connectivity index (χ2v) is 2.34. The van der Waals surface area contributed by atoms with Gasteiger partial charge in [-0.15, -0.1) is 0 Å². The molecule has 11 heavy (non-hydrogen) atoms. The Hall–Kier alpha value is -0.850. The molecule has 62 valence electrons. The van der Waals surface area contributed by atoms with Gasteiger partial charge in [0.05, 0.1) is 0 Å². The Labute approximate surface area is 68.8 Å². The molecule has 0 spiro atoms. The number of carbonyl (C=O) groups is 1. The highest BCUT2D eigenvalue weighted by molar-refractivity contribution is 5.89. The van der Waals surface area contributed by atoms with Gasteiger partial charge in [-0.3, -0.25) is 4.79 Å². The Morgan fingerprint density at radius 1 is 1.18 bits per heavy atom. The van der Waals surface area contributed by atoms with E-state index in [1.165, 1.54) is 0 Å². The minimum absolute atomic E-state index is 0.204. The van der Waals surface area contributed by atoms with Crippen LogP contribution in [-0.4, -0.2) is 5.78 Å². The van der Waals surface area contributed by atoms with Gasteiger partial charge in [0.2, 0.25) is 0 Å². The van der Waals surface area contributed by atoms with Crippen molar-refractivity contribution in [2.45, 2.75) is 33.1 Å². The Morgan fingerprint density at radius 3 is 2.45 bits per heavy atom. The van der Waals surface area contributed by atoms with Crippen LogP contribution in [0.1, 0.15) is 33.1 Å². The number of rotatable bonds is 5. The van der Waals surface area contributed by atoms with Crippen LogP contribution in [0.25, 0.3) is 0 Å². The van der Waals surface area contributed by atoms with Gasteiger partial charge in [-0.2, -0.15) is 0 Å². The lowest BCUT2D eigenvalue weighted by Gasteiger charge is -1.83. The van der Waals surface area contributed by atoms with E-state index in [9.17, 15) is 4.79 Å². The molecule has 0 N–H and O–H groups in total. The van der Waals surface area contributed by atoms with Crippen molar-refractivity contribution in [2.75, 3.05) is 0 Å².